The largest absolute Gasteiger partial charge is 0.418 e. The van der Waals surface area contributed by atoms with Crippen LogP contribution in [0.15, 0.2) is 54.1 Å². The van der Waals surface area contributed by atoms with Crippen molar-refractivity contribution in [1.29, 1.82) is 0 Å². The summed E-state index contributed by atoms with van der Waals surface area (Å²) in [6.45, 7) is 0.261. The molecule has 2 N–H and O–H groups in total. The van der Waals surface area contributed by atoms with Gasteiger partial charge in [-0.25, -0.2) is 0 Å². The van der Waals surface area contributed by atoms with E-state index in [0.717, 1.165) is 17.3 Å². The number of rotatable bonds is 2. The lowest BCUT2D eigenvalue weighted by molar-refractivity contribution is -0.137. The second-order valence-corrected chi connectivity index (χ2v) is 5.11. The summed E-state index contributed by atoms with van der Waals surface area (Å²) in [6, 6.07) is 12.3. The monoisotopic (exact) mass is 318 g/mol. The summed E-state index contributed by atoms with van der Waals surface area (Å²) in [5.41, 5.74) is 0.983. The van der Waals surface area contributed by atoms with Gasteiger partial charge in [0, 0.05) is 17.8 Å². The zero-order valence-electron chi connectivity index (χ0n) is 11.9. The highest BCUT2D eigenvalue weighted by molar-refractivity contribution is 6.08. The van der Waals surface area contributed by atoms with Crippen molar-refractivity contribution < 1.29 is 18.0 Å². The molecule has 0 saturated heterocycles. The molecule has 118 valence electrons. The smallest absolute Gasteiger partial charge is 0.380 e. The molecule has 1 aliphatic heterocycles. The molecule has 0 aromatic heterocycles. The van der Waals surface area contributed by atoms with Gasteiger partial charge < -0.3 is 10.6 Å². The Hall–Kier alpha value is -2.76. The SMILES string of the molecule is O=C(Nc1ccccc1C(F)(F)F)C1=Cc2ccccc2NC1. The maximum atomic E-state index is 13.0. The van der Waals surface area contributed by atoms with Gasteiger partial charge in [0.1, 0.15) is 0 Å². The lowest BCUT2D eigenvalue weighted by atomic mass is 10.0. The number of nitrogens with one attached hydrogen (secondary N) is 2. The third kappa shape index (κ3) is 3.21. The van der Waals surface area contributed by atoms with Crippen LogP contribution in [0.3, 0.4) is 0 Å². The zero-order chi connectivity index (χ0) is 16.4. The highest BCUT2D eigenvalue weighted by Crippen LogP contribution is 2.35. The predicted octanol–water partition coefficient (Wildman–Crippen LogP) is 4.15. The van der Waals surface area contributed by atoms with Crippen molar-refractivity contribution in [2.75, 3.05) is 17.2 Å². The number of hydrogen-bond donors (Lipinski definition) is 2. The second kappa shape index (κ2) is 5.79. The Morgan fingerprint density at radius 1 is 1.04 bits per heavy atom. The lowest BCUT2D eigenvalue weighted by Crippen LogP contribution is -2.23. The molecule has 0 unspecified atom stereocenters. The van der Waals surface area contributed by atoms with Crippen molar-refractivity contribution in [3.8, 4) is 0 Å². The number of hydrogen-bond acceptors (Lipinski definition) is 2. The van der Waals surface area contributed by atoms with E-state index in [-0.39, 0.29) is 12.2 Å². The summed E-state index contributed by atoms with van der Waals surface area (Å²) in [7, 11) is 0. The molecule has 0 radical (unpaired) electrons. The Morgan fingerprint density at radius 3 is 2.52 bits per heavy atom. The first-order chi connectivity index (χ1) is 10.9. The molecule has 23 heavy (non-hydrogen) atoms. The number of benzene rings is 2. The van der Waals surface area contributed by atoms with E-state index in [4.69, 9.17) is 0 Å². The van der Waals surface area contributed by atoms with E-state index in [1.807, 2.05) is 24.3 Å². The number of carbonyl (C=O) groups is 1. The van der Waals surface area contributed by atoms with Crippen LogP contribution in [0.2, 0.25) is 0 Å². The fraction of sp³-hybridized carbons (Fsp3) is 0.118. The third-order valence-electron chi connectivity index (χ3n) is 3.53. The van der Waals surface area contributed by atoms with Crippen LogP contribution in [0.1, 0.15) is 11.1 Å². The topological polar surface area (TPSA) is 41.1 Å². The number of halogens is 3. The van der Waals surface area contributed by atoms with Gasteiger partial charge in [-0.3, -0.25) is 4.79 Å². The fourth-order valence-electron chi connectivity index (χ4n) is 2.40. The van der Waals surface area contributed by atoms with Crippen LogP contribution in [0, 0.1) is 0 Å². The molecule has 0 bridgehead atoms. The molecule has 2 aromatic carbocycles. The minimum Gasteiger partial charge on any atom is -0.380 e. The van der Waals surface area contributed by atoms with Gasteiger partial charge in [0.25, 0.3) is 5.91 Å². The Morgan fingerprint density at radius 2 is 1.74 bits per heavy atom. The molecular formula is C17H13F3N2O. The fourth-order valence-corrected chi connectivity index (χ4v) is 2.40. The van der Waals surface area contributed by atoms with Crippen LogP contribution >= 0.6 is 0 Å². The number of fused-ring (bicyclic) bond motifs is 1. The highest BCUT2D eigenvalue weighted by Gasteiger charge is 2.33. The number of anilines is 2. The van der Waals surface area contributed by atoms with Gasteiger partial charge in [0.15, 0.2) is 0 Å². The van der Waals surface area contributed by atoms with Gasteiger partial charge >= 0.3 is 6.18 Å². The molecule has 0 atom stereocenters. The van der Waals surface area contributed by atoms with Gasteiger partial charge in [0.2, 0.25) is 0 Å². The van der Waals surface area contributed by atoms with Crippen LogP contribution in [-0.4, -0.2) is 12.5 Å². The Kier molecular flexibility index (Phi) is 3.82. The van der Waals surface area contributed by atoms with E-state index in [0.29, 0.717) is 5.57 Å². The van der Waals surface area contributed by atoms with E-state index >= 15 is 0 Å². The minimum atomic E-state index is -4.52. The normalized spacial score (nSPS) is 13.6. The molecule has 1 amide bonds. The van der Waals surface area contributed by atoms with Gasteiger partial charge in [0.05, 0.1) is 11.3 Å². The molecule has 0 aliphatic carbocycles. The van der Waals surface area contributed by atoms with E-state index in [9.17, 15) is 18.0 Å². The van der Waals surface area contributed by atoms with Crippen molar-refractivity contribution >= 4 is 23.4 Å². The first-order valence-corrected chi connectivity index (χ1v) is 6.96. The summed E-state index contributed by atoms with van der Waals surface area (Å²) in [4.78, 5) is 12.3. The summed E-state index contributed by atoms with van der Waals surface area (Å²) >= 11 is 0. The van der Waals surface area contributed by atoms with Crippen molar-refractivity contribution in [3.63, 3.8) is 0 Å². The van der Waals surface area contributed by atoms with Crippen molar-refractivity contribution in [2.45, 2.75) is 6.18 Å². The Labute approximate surface area is 130 Å². The van der Waals surface area contributed by atoms with Crippen LogP contribution < -0.4 is 10.6 Å². The van der Waals surface area contributed by atoms with Crippen molar-refractivity contribution in [3.05, 3.63) is 65.2 Å². The predicted molar refractivity (Wildman–Crippen MR) is 83.0 cm³/mol. The average Bonchev–Trinajstić information content (AvgIpc) is 2.54. The maximum Gasteiger partial charge on any atom is 0.418 e. The van der Waals surface area contributed by atoms with E-state index in [1.54, 1.807) is 6.08 Å². The highest BCUT2D eigenvalue weighted by atomic mass is 19.4. The number of carbonyl (C=O) groups excluding carboxylic acids is 1. The zero-order valence-corrected chi connectivity index (χ0v) is 11.9. The second-order valence-electron chi connectivity index (χ2n) is 5.11. The van der Waals surface area contributed by atoms with E-state index in [1.165, 1.54) is 18.2 Å². The van der Waals surface area contributed by atoms with Crippen LogP contribution in [0.5, 0.6) is 0 Å². The Balaban J connectivity index is 1.86. The number of amides is 1. The van der Waals surface area contributed by atoms with Crippen molar-refractivity contribution in [2.24, 2.45) is 0 Å². The third-order valence-corrected chi connectivity index (χ3v) is 3.53. The van der Waals surface area contributed by atoms with Gasteiger partial charge in [-0.05, 0) is 29.8 Å². The number of alkyl halides is 3. The first-order valence-electron chi connectivity index (χ1n) is 6.96. The summed E-state index contributed by atoms with van der Waals surface area (Å²) in [5, 5.41) is 5.42. The van der Waals surface area contributed by atoms with Crippen LogP contribution in [0.4, 0.5) is 24.5 Å². The molecule has 3 rings (SSSR count). The molecule has 6 heteroatoms. The molecule has 0 saturated carbocycles. The van der Waals surface area contributed by atoms with Gasteiger partial charge in [-0.1, -0.05) is 30.3 Å². The molecule has 1 heterocycles. The minimum absolute atomic E-state index is 0.246. The van der Waals surface area contributed by atoms with Crippen LogP contribution in [-0.2, 0) is 11.0 Å². The standard InChI is InChI=1S/C17H13F3N2O/c18-17(19,20)13-6-2-4-8-15(13)22-16(23)12-9-11-5-1-3-7-14(11)21-10-12/h1-9,21H,10H2,(H,22,23). The molecule has 2 aromatic rings. The van der Waals surface area contributed by atoms with Crippen molar-refractivity contribution in [1.82, 2.24) is 0 Å². The van der Waals surface area contributed by atoms with E-state index < -0.39 is 17.6 Å². The number of para-hydroxylation sites is 2. The quantitative estimate of drug-likeness (QED) is 0.873. The summed E-state index contributed by atoms with van der Waals surface area (Å²) < 4.78 is 38.9. The average molecular weight is 318 g/mol. The maximum absolute atomic E-state index is 13.0. The van der Waals surface area contributed by atoms with E-state index in [2.05, 4.69) is 10.6 Å². The molecule has 0 fully saturated rings. The molecular weight excluding hydrogens is 305 g/mol. The molecule has 3 nitrogen and oxygen atoms in total. The summed E-state index contributed by atoms with van der Waals surface area (Å²) in [6.07, 6.45) is -2.84. The first kappa shape index (κ1) is 15.1. The molecule has 1 aliphatic rings. The Bertz CT molecular complexity index is 781. The summed E-state index contributed by atoms with van der Waals surface area (Å²) in [5.74, 6) is -0.552. The van der Waals surface area contributed by atoms with Crippen LogP contribution in [0.25, 0.3) is 6.08 Å². The van der Waals surface area contributed by atoms with Gasteiger partial charge in [-0.2, -0.15) is 13.2 Å². The van der Waals surface area contributed by atoms with Gasteiger partial charge in [-0.15, -0.1) is 0 Å². The lowest BCUT2D eigenvalue weighted by Gasteiger charge is -2.19. The molecule has 0 spiro atoms.